The molecular weight excluding hydrogens is 322 g/mol. The van der Waals surface area contributed by atoms with Crippen molar-refractivity contribution in [1.82, 2.24) is 5.32 Å². The van der Waals surface area contributed by atoms with Gasteiger partial charge in [-0.05, 0) is 43.3 Å². The first-order valence-corrected chi connectivity index (χ1v) is 9.14. The molecule has 1 N–H and O–H groups in total. The first-order chi connectivity index (χ1) is 11.7. The standard InChI is InChI=1S/C19H23NO3S/c1-15-4-6-16(7-5-15)23-13-18(21)20-14-19(8-10-22-11-9-19)17-3-2-12-24-17/h2-7,12H,8-11,13-14H2,1H3,(H,20,21). The molecule has 0 radical (unpaired) electrons. The second kappa shape index (κ2) is 7.81. The van der Waals surface area contributed by atoms with Gasteiger partial charge in [0.25, 0.3) is 5.91 Å². The van der Waals surface area contributed by atoms with Gasteiger partial charge in [0.15, 0.2) is 6.61 Å². The number of nitrogens with one attached hydrogen (secondary N) is 1. The summed E-state index contributed by atoms with van der Waals surface area (Å²) in [6, 6.07) is 11.9. The maximum atomic E-state index is 12.2. The smallest absolute Gasteiger partial charge is 0.257 e. The fourth-order valence-corrected chi connectivity index (χ4v) is 3.94. The van der Waals surface area contributed by atoms with E-state index in [2.05, 4.69) is 22.8 Å². The average molecular weight is 345 g/mol. The zero-order valence-electron chi connectivity index (χ0n) is 13.9. The summed E-state index contributed by atoms with van der Waals surface area (Å²) in [5.74, 6) is 0.632. The molecule has 1 amide bonds. The summed E-state index contributed by atoms with van der Waals surface area (Å²) in [7, 11) is 0. The number of benzene rings is 1. The molecule has 5 heteroatoms. The molecule has 0 bridgehead atoms. The first kappa shape index (κ1) is 17.0. The Morgan fingerprint density at radius 3 is 2.67 bits per heavy atom. The molecule has 0 saturated carbocycles. The third kappa shape index (κ3) is 4.16. The fourth-order valence-electron chi connectivity index (χ4n) is 2.95. The third-order valence-electron chi connectivity index (χ3n) is 4.51. The Bertz CT molecular complexity index is 646. The Hall–Kier alpha value is -1.85. The fraction of sp³-hybridized carbons (Fsp3) is 0.421. The molecule has 1 aromatic heterocycles. The van der Waals surface area contributed by atoms with Crippen LogP contribution in [0.2, 0.25) is 0 Å². The van der Waals surface area contributed by atoms with Crippen LogP contribution in [-0.4, -0.2) is 32.3 Å². The van der Waals surface area contributed by atoms with Crippen molar-refractivity contribution in [3.05, 3.63) is 52.2 Å². The highest BCUT2D eigenvalue weighted by Gasteiger charge is 2.35. The Morgan fingerprint density at radius 2 is 2.00 bits per heavy atom. The Morgan fingerprint density at radius 1 is 1.25 bits per heavy atom. The lowest BCUT2D eigenvalue weighted by Crippen LogP contribution is -2.45. The quantitative estimate of drug-likeness (QED) is 0.874. The molecule has 1 aliphatic rings. The highest BCUT2D eigenvalue weighted by Crippen LogP contribution is 2.36. The van der Waals surface area contributed by atoms with Gasteiger partial charge in [0.05, 0.1) is 0 Å². The van der Waals surface area contributed by atoms with Crippen LogP contribution >= 0.6 is 11.3 Å². The summed E-state index contributed by atoms with van der Waals surface area (Å²) >= 11 is 1.75. The molecule has 1 saturated heterocycles. The van der Waals surface area contributed by atoms with Crippen LogP contribution in [0.1, 0.15) is 23.3 Å². The van der Waals surface area contributed by atoms with Crippen LogP contribution in [0.4, 0.5) is 0 Å². The number of hydrogen-bond acceptors (Lipinski definition) is 4. The number of carbonyl (C=O) groups excluding carboxylic acids is 1. The Labute approximate surface area is 146 Å². The topological polar surface area (TPSA) is 47.6 Å². The van der Waals surface area contributed by atoms with Crippen LogP contribution in [0, 0.1) is 6.92 Å². The lowest BCUT2D eigenvalue weighted by molar-refractivity contribution is -0.123. The second-order valence-electron chi connectivity index (χ2n) is 6.25. The monoisotopic (exact) mass is 345 g/mol. The summed E-state index contributed by atoms with van der Waals surface area (Å²) in [6.45, 7) is 4.18. The van der Waals surface area contributed by atoms with Crippen molar-refractivity contribution < 1.29 is 14.3 Å². The first-order valence-electron chi connectivity index (χ1n) is 8.26. The van der Waals surface area contributed by atoms with E-state index in [1.165, 1.54) is 10.4 Å². The Kier molecular flexibility index (Phi) is 5.53. The van der Waals surface area contributed by atoms with Crippen molar-refractivity contribution in [2.24, 2.45) is 0 Å². The van der Waals surface area contributed by atoms with Gasteiger partial charge in [-0.25, -0.2) is 0 Å². The molecule has 3 rings (SSSR count). The van der Waals surface area contributed by atoms with Gasteiger partial charge in [-0.1, -0.05) is 23.8 Å². The number of hydrogen-bond donors (Lipinski definition) is 1. The van der Waals surface area contributed by atoms with Gasteiger partial charge in [-0.15, -0.1) is 11.3 Å². The normalized spacial score (nSPS) is 16.5. The molecule has 1 fully saturated rings. The molecule has 2 aromatic rings. The predicted molar refractivity (Wildman–Crippen MR) is 95.7 cm³/mol. The summed E-state index contributed by atoms with van der Waals surface area (Å²) in [5.41, 5.74) is 1.16. The number of carbonyl (C=O) groups is 1. The van der Waals surface area contributed by atoms with Gasteiger partial charge in [0.1, 0.15) is 5.75 Å². The number of ether oxygens (including phenoxy) is 2. The molecule has 2 heterocycles. The summed E-state index contributed by atoms with van der Waals surface area (Å²) in [5, 5.41) is 5.14. The maximum Gasteiger partial charge on any atom is 0.257 e. The van der Waals surface area contributed by atoms with Crippen LogP contribution in [0.25, 0.3) is 0 Å². The minimum absolute atomic E-state index is 0.00800. The minimum atomic E-state index is -0.0852. The highest BCUT2D eigenvalue weighted by atomic mass is 32.1. The van der Waals surface area contributed by atoms with E-state index in [-0.39, 0.29) is 17.9 Å². The molecule has 4 nitrogen and oxygen atoms in total. The number of thiophene rings is 1. The van der Waals surface area contributed by atoms with Crippen molar-refractivity contribution in [2.45, 2.75) is 25.2 Å². The Balaban J connectivity index is 1.54. The van der Waals surface area contributed by atoms with Gasteiger partial charge in [0.2, 0.25) is 0 Å². The van der Waals surface area contributed by atoms with Gasteiger partial charge >= 0.3 is 0 Å². The lowest BCUT2D eigenvalue weighted by atomic mass is 9.78. The zero-order valence-corrected chi connectivity index (χ0v) is 14.7. The van der Waals surface area contributed by atoms with E-state index >= 15 is 0 Å². The molecule has 24 heavy (non-hydrogen) atoms. The largest absolute Gasteiger partial charge is 0.484 e. The molecule has 0 aliphatic carbocycles. The van der Waals surface area contributed by atoms with E-state index in [1.54, 1.807) is 11.3 Å². The van der Waals surface area contributed by atoms with Crippen molar-refractivity contribution in [3.8, 4) is 5.75 Å². The molecule has 0 atom stereocenters. The van der Waals surface area contributed by atoms with Crippen LogP contribution in [0.15, 0.2) is 41.8 Å². The van der Waals surface area contributed by atoms with Gasteiger partial charge in [-0.2, -0.15) is 0 Å². The van der Waals surface area contributed by atoms with Crippen molar-refractivity contribution in [3.63, 3.8) is 0 Å². The highest BCUT2D eigenvalue weighted by molar-refractivity contribution is 7.10. The van der Waals surface area contributed by atoms with Gasteiger partial charge in [-0.3, -0.25) is 4.79 Å². The van der Waals surface area contributed by atoms with Gasteiger partial charge < -0.3 is 14.8 Å². The van der Waals surface area contributed by atoms with Crippen molar-refractivity contribution in [2.75, 3.05) is 26.4 Å². The van der Waals surface area contributed by atoms with E-state index in [0.29, 0.717) is 6.54 Å². The molecule has 0 unspecified atom stereocenters. The molecular formula is C19H23NO3S. The predicted octanol–water partition coefficient (Wildman–Crippen LogP) is 3.30. The summed E-state index contributed by atoms with van der Waals surface area (Å²) in [4.78, 5) is 13.5. The van der Waals surface area contributed by atoms with Crippen molar-refractivity contribution in [1.29, 1.82) is 0 Å². The zero-order chi connectivity index (χ0) is 16.8. The lowest BCUT2D eigenvalue weighted by Gasteiger charge is -2.36. The average Bonchev–Trinajstić information content (AvgIpc) is 3.16. The molecule has 128 valence electrons. The summed E-state index contributed by atoms with van der Waals surface area (Å²) in [6.07, 6.45) is 1.87. The van der Waals surface area contributed by atoms with Gasteiger partial charge in [0, 0.05) is 30.1 Å². The van der Waals surface area contributed by atoms with E-state index in [0.717, 1.165) is 31.8 Å². The molecule has 1 aromatic carbocycles. The number of amides is 1. The molecule has 1 aliphatic heterocycles. The number of aryl methyl sites for hydroxylation is 1. The van der Waals surface area contributed by atoms with Crippen LogP contribution < -0.4 is 10.1 Å². The summed E-state index contributed by atoms with van der Waals surface area (Å²) < 4.78 is 11.1. The van der Waals surface area contributed by atoms with Crippen LogP contribution in [0.3, 0.4) is 0 Å². The van der Waals surface area contributed by atoms with E-state index in [9.17, 15) is 4.79 Å². The SMILES string of the molecule is Cc1ccc(OCC(=O)NCC2(c3cccs3)CCOCC2)cc1. The minimum Gasteiger partial charge on any atom is -0.484 e. The van der Waals surface area contributed by atoms with E-state index in [4.69, 9.17) is 9.47 Å². The second-order valence-corrected chi connectivity index (χ2v) is 7.20. The van der Waals surface area contributed by atoms with Crippen LogP contribution in [0.5, 0.6) is 5.75 Å². The van der Waals surface area contributed by atoms with Crippen molar-refractivity contribution >= 4 is 17.2 Å². The number of rotatable bonds is 6. The molecule has 0 spiro atoms. The van der Waals surface area contributed by atoms with E-state index < -0.39 is 0 Å². The maximum absolute atomic E-state index is 12.2. The van der Waals surface area contributed by atoms with Crippen LogP contribution in [-0.2, 0) is 14.9 Å². The van der Waals surface area contributed by atoms with E-state index in [1.807, 2.05) is 31.2 Å². The third-order valence-corrected chi connectivity index (χ3v) is 5.62.